The van der Waals surface area contributed by atoms with Gasteiger partial charge in [-0.3, -0.25) is 0 Å². The van der Waals surface area contributed by atoms with Crippen LogP contribution in [0.3, 0.4) is 0 Å². The molecule has 6 nitrogen and oxygen atoms in total. The van der Waals surface area contributed by atoms with Gasteiger partial charge in [0.2, 0.25) is 5.95 Å². The molecule has 7 heteroatoms. The topological polar surface area (TPSA) is 59.4 Å². The van der Waals surface area contributed by atoms with Gasteiger partial charge < -0.3 is 19.5 Å². The number of piperidine rings is 1. The summed E-state index contributed by atoms with van der Waals surface area (Å²) in [5.74, 6) is 0.586. The molecule has 1 aliphatic rings. The van der Waals surface area contributed by atoms with Gasteiger partial charge in [-0.15, -0.1) is 0 Å². The van der Waals surface area contributed by atoms with Gasteiger partial charge in [0.05, 0.1) is 17.6 Å². The van der Waals surface area contributed by atoms with Crippen LogP contribution in [0.25, 0.3) is 11.0 Å². The average Bonchev–Trinajstić information content (AvgIpc) is 3.11. The number of benzene rings is 2. The Bertz CT molecular complexity index is 1090. The molecule has 0 aliphatic carbocycles. The first-order valence-electron chi connectivity index (χ1n) is 11.2. The Morgan fingerprint density at radius 1 is 1.16 bits per heavy atom. The molecule has 2 aromatic carbocycles. The minimum atomic E-state index is -0.538. The summed E-state index contributed by atoms with van der Waals surface area (Å²) in [6.07, 6.45) is 2.66. The number of fused-ring (bicyclic) bond motifs is 1. The van der Waals surface area contributed by atoms with E-state index in [2.05, 4.69) is 14.8 Å². The van der Waals surface area contributed by atoms with Gasteiger partial charge >= 0.3 is 6.09 Å². The van der Waals surface area contributed by atoms with E-state index >= 15 is 0 Å². The number of anilines is 1. The number of rotatable bonds is 5. The van der Waals surface area contributed by atoms with Crippen molar-refractivity contribution >= 4 is 23.1 Å². The van der Waals surface area contributed by atoms with Crippen molar-refractivity contribution in [2.75, 3.05) is 18.0 Å². The molecule has 0 radical (unpaired) electrons. The van der Waals surface area contributed by atoms with Crippen LogP contribution < -0.4 is 10.2 Å². The standard InChI is InChI=1S/C25H31FN4O2/c1-25(2,3)32-24(31)27-16-19-11-8-9-15-29(19)23-28-21-13-6-7-14-22(21)30(23)17-18-10-4-5-12-20(18)26/h4-7,10,12-14,19H,8-9,11,15-17H2,1-3H3,(H,27,31)/t19-/m1/s1. The highest BCUT2D eigenvalue weighted by Gasteiger charge is 2.28. The van der Waals surface area contributed by atoms with Crippen LogP contribution in [0, 0.1) is 5.82 Å². The van der Waals surface area contributed by atoms with Gasteiger partial charge in [0.25, 0.3) is 0 Å². The Morgan fingerprint density at radius 2 is 1.91 bits per heavy atom. The number of halogens is 1. The normalized spacial score (nSPS) is 16.9. The van der Waals surface area contributed by atoms with E-state index in [9.17, 15) is 9.18 Å². The lowest BCUT2D eigenvalue weighted by molar-refractivity contribution is 0.0522. The number of para-hydroxylation sites is 2. The molecule has 1 fully saturated rings. The van der Waals surface area contributed by atoms with Crippen LogP contribution in [-0.4, -0.2) is 40.4 Å². The lowest BCUT2D eigenvalue weighted by Crippen LogP contribution is -2.48. The van der Waals surface area contributed by atoms with Crippen LogP contribution in [0.2, 0.25) is 0 Å². The van der Waals surface area contributed by atoms with Gasteiger partial charge in [-0.05, 0) is 58.2 Å². The number of hydrogen-bond acceptors (Lipinski definition) is 4. The van der Waals surface area contributed by atoms with E-state index in [0.717, 1.165) is 42.8 Å². The summed E-state index contributed by atoms with van der Waals surface area (Å²) >= 11 is 0. The number of amides is 1. The monoisotopic (exact) mass is 438 g/mol. The van der Waals surface area contributed by atoms with Crippen LogP contribution >= 0.6 is 0 Å². The summed E-state index contributed by atoms with van der Waals surface area (Å²) in [4.78, 5) is 19.4. The molecule has 0 unspecified atom stereocenters. The van der Waals surface area contributed by atoms with Crippen molar-refractivity contribution in [2.24, 2.45) is 0 Å². The molecule has 1 saturated heterocycles. The summed E-state index contributed by atoms with van der Waals surface area (Å²) in [7, 11) is 0. The second-order valence-electron chi connectivity index (χ2n) is 9.30. The van der Waals surface area contributed by atoms with E-state index in [1.165, 1.54) is 6.07 Å². The molecule has 3 aromatic rings. The molecule has 0 spiro atoms. The summed E-state index contributed by atoms with van der Waals surface area (Å²) in [5.41, 5.74) is 1.93. The first-order valence-corrected chi connectivity index (χ1v) is 11.2. The van der Waals surface area contributed by atoms with E-state index in [1.54, 1.807) is 6.07 Å². The highest BCUT2D eigenvalue weighted by Crippen LogP contribution is 2.29. The Kier molecular flexibility index (Phi) is 6.35. The van der Waals surface area contributed by atoms with Crippen molar-refractivity contribution < 1.29 is 13.9 Å². The average molecular weight is 439 g/mol. The minimum absolute atomic E-state index is 0.0902. The molecule has 1 amide bonds. The zero-order valence-corrected chi connectivity index (χ0v) is 19.0. The Labute approximate surface area is 188 Å². The van der Waals surface area contributed by atoms with E-state index < -0.39 is 11.7 Å². The number of imidazole rings is 1. The number of ether oxygens (including phenoxy) is 1. The molecular weight excluding hydrogens is 407 g/mol. The van der Waals surface area contributed by atoms with E-state index in [0.29, 0.717) is 18.7 Å². The minimum Gasteiger partial charge on any atom is -0.444 e. The summed E-state index contributed by atoms with van der Waals surface area (Å²) < 4.78 is 22.0. The van der Waals surface area contributed by atoms with Gasteiger partial charge in [-0.1, -0.05) is 30.3 Å². The number of carbonyl (C=O) groups is 1. The lowest BCUT2D eigenvalue weighted by atomic mass is 10.0. The first-order chi connectivity index (χ1) is 15.3. The molecule has 4 rings (SSSR count). The maximum Gasteiger partial charge on any atom is 0.407 e. The molecule has 1 atom stereocenters. The molecule has 0 saturated carbocycles. The molecule has 32 heavy (non-hydrogen) atoms. The third kappa shape index (κ3) is 5.03. The highest BCUT2D eigenvalue weighted by atomic mass is 19.1. The van der Waals surface area contributed by atoms with Gasteiger partial charge in [0, 0.05) is 24.7 Å². The Hall–Kier alpha value is -3.09. The fourth-order valence-electron chi connectivity index (χ4n) is 4.23. The number of nitrogens with one attached hydrogen (secondary N) is 1. The van der Waals surface area contributed by atoms with Crippen molar-refractivity contribution in [3.8, 4) is 0 Å². The fraction of sp³-hybridized carbons (Fsp3) is 0.440. The predicted molar refractivity (Wildman–Crippen MR) is 124 cm³/mol. The molecule has 1 aromatic heterocycles. The second-order valence-corrected chi connectivity index (χ2v) is 9.30. The van der Waals surface area contributed by atoms with Gasteiger partial charge in [-0.2, -0.15) is 0 Å². The van der Waals surface area contributed by atoms with E-state index in [-0.39, 0.29) is 11.9 Å². The third-order valence-corrected chi connectivity index (χ3v) is 5.69. The maximum atomic E-state index is 14.5. The van der Waals surface area contributed by atoms with Crippen LogP contribution in [0.1, 0.15) is 45.6 Å². The molecule has 170 valence electrons. The smallest absolute Gasteiger partial charge is 0.407 e. The van der Waals surface area contributed by atoms with Crippen LogP contribution in [0.4, 0.5) is 15.1 Å². The SMILES string of the molecule is CC(C)(C)OC(=O)NC[C@H]1CCCCN1c1nc2ccccc2n1Cc1ccccc1F. The predicted octanol–water partition coefficient (Wildman–Crippen LogP) is 5.11. The Balaban J connectivity index is 1.63. The summed E-state index contributed by atoms with van der Waals surface area (Å²) in [5, 5.41) is 2.92. The van der Waals surface area contributed by atoms with Crippen LogP contribution in [-0.2, 0) is 11.3 Å². The van der Waals surface area contributed by atoms with E-state index in [1.807, 2.05) is 57.2 Å². The molecule has 1 aliphatic heterocycles. The third-order valence-electron chi connectivity index (χ3n) is 5.69. The van der Waals surface area contributed by atoms with Crippen molar-refractivity contribution in [2.45, 2.75) is 58.2 Å². The van der Waals surface area contributed by atoms with Crippen LogP contribution in [0.5, 0.6) is 0 Å². The Morgan fingerprint density at radius 3 is 2.69 bits per heavy atom. The molecular formula is C25H31FN4O2. The van der Waals surface area contributed by atoms with Crippen molar-refractivity contribution in [1.29, 1.82) is 0 Å². The number of alkyl carbamates (subject to hydrolysis) is 1. The zero-order chi connectivity index (χ0) is 22.7. The van der Waals surface area contributed by atoms with Gasteiger partial charge in [-0.25, -0.2) is 14.2 Å². The van der Waals surface area contributed by atoms with Crippen molar-refractivity contribution in [3.05, 3.63) is 59.9 Å². The van der Waals surface area contributed by atoms with Crippen LogP contribution in [0.15, 0.2) is 48.5 Å². The summed E-state index contributed by atoms with van der Waals surface area (Å²) in [6, 6.07) is 14.9. The maximum absolute atomic E-state index is 14.5. The van der Waals surface area contributed by atoms with Gasteiger partial charge in [0.15, 0.2) is 0 Å². The lowest BCUT2D eigenvalue weighted by Gasteiger charge is -2.37. The zero-order valence-electron chi connectivity index (χ0n) is 19.0. The molecule has 0 bridgehead atoms. The molecule has 1 N–H and O–H groups in total. The molecule has 2 heterocycles. The largest absolute Gasteiger partial charge is 0.444 e. The van der Waals surface area contributed by atoms with Crippen molar-refractivity contribution in [1.82, 2.24) is 14.9 Å². The van der Waals surface area contributed by atoms with E-state index in [4.69, 9.17) is 9.72 Å². The number of aromatic nitrogens is 2. The fourth-order valence-corrected chi connectivity index (χ4v) is 4.23. The highest BCUT2D eigenvalue weighted by molar-refractivity contribution is 5.79. The number of nitrogens with zero attached hydrogens (tertiary/aromatic N) is 3. The second kappa shape index (κ2) is 9.18. The van der Waals surface area contributed by atoms with Crippen molar-refractivity contribution in [3.63, 3.8) is 0 Å². The van der Waals surface area contributed by atoms with Gasteiger partial charge in [0.1, 0.15) is 11.4 Å². The first kappa shape index (κ1) is 22.1. The summed E-state index contributed by atoms with van der Waals surface area (Å²) in [6.45, 7) is 7.25. The number of carbonyl (C=O) groups excluding carboxylic acids is 1. The number of hydrogen-bond donors (Lipinski definition) is 1. The quantitative estimate of drug-likeness (QED) is 0.602.